The SMILES string of the molecule is CC/C=C\C/C=C\C/C=C\C/C=C\CCCCCCC(=O)OCC(COP(=O)(O)OCC(O)COP(=O)(O)OCC(COC(=O)CCCCCCCCCCCCCCCCC)OC(=O)CCCCCCC/C=C\CCCC)OC(=O)CCCC/C=C\C/C=C\C/C=C\C/C=C\CC. The Bertz CT molecular complexity index is 2290. The van der Waals surface area contributed by atoms with Gasteiger partial charge in [0, 0.05) is 25.7 Å². The quantitative estimate of drug-likeness (QED) is 0.0169. The summed E-state index contributed by atoms with van der Waals surface area (Å²) in [7, 11) is -9.97. The lowest BCUT2D eigenvalue weighted by Gasteiger charge is -2.21. The lowest BCUT2D eigenvalue weighted by atomic mass is 10.0. The Balaban J connectivity index is 5.37. The number of rotatable bonds is 71. The number of allylic oxidation sites excluding steroid dienone is 18. The molecular formula is C79H136O17P2. The first-order chi connectivity index (χ1) is 47.7. The van der Waals surface area contributed by atoms with Crippen molar-refractivity contribution in [2.24, 2.45) is 0 Å². The van der Waals surface area contributed by atoms with Gasteiger partial charge in [0.2, 0.25) is 0 Å². The molecule has 0 aromatic heterocycles. The average molecular weight is 1420 g/mol. The minimum Gasteiger partial charge on any atom is -0.462 e. The van der Waals surface area contributed by atoms with E-state index in [1.54, 1.807) is 0 Å². The van der Waals surface area contributed by atoms with Gasteiger partial charge in [-0.3, -0.25) is 37.3 Å². The lowest BCUT2D eigenvalue weighted by molar-refractivity contribution is -0.161. The van der Waals surface area contributed by atoms with Gasteiger partial charge in [0.05, 0.1) is 26.4 Å². The van der Waals surface area contributed by atoms with Gasteiger partial charge in [-0.05, 0) is 122 Å². The van der Waals surface area contributed by atoms with E-state index in [9.17, 15) is 43.2 Å². The van der Waals surface area contributed by atoms with Crippen LogP contribution in [0.5, 0.6) is 0 Å². The summed E-state index contributed by atoms with van der Waals surface area (Å²) in [6.45, 7) is 4.54. The number of carbonyl (C=O) groups is 4. The van der Waals surface area contributed by atoms with Crippen molar-refractivity contribution < 1.29 is 80.2 Å². The molecular weight excluding hydrogens is 1280 g/mol. The van der Waals surface area contributed by atoms with E-state index in [4.69, 9.17) is 37.0 Å². The van der Waals surface area contributed by atoms with Crippen LogP contribution in [0.1, 0.15) is 310 Å². The molecule has 0 fully saturated rings. The third kappa shape index (κ3) is 70.2. The molecule has 564 valence electrons. The van der Waals surface area contributed by atoms with Crippen molar-refractivity contribution in [3.63, 3.8) is 0 Å². The fourth-order valence-electron chi connectivity index (χ4n) is 9.95. The Morgan fingerprint density at radius 2 is 0.541 bits per heavy atom. The second kappa shape index (κ2) is 71.1. The van der Waals surface area contributed by atoms with Crippen molar-refractivity contribution in [1.29, 1.82) is 0 Å². The van der Waals surface area contributed by atoms with Crippen molar-refractivity contribution in [3.05, 3.63) is 109 Å². The summed E-state index contributed by atoms with van der Waals surface area (Å²) < 4.78 is 68.4. The van der Waals surface area contributed by atoms with E-state index >= 15 is 0 Å². The second-order valence-electron chi connectivity index (χ2n) is 25.2. The highest BCUT2D eigenvalue weighted by atomic mass is 31.2. The Kier molecular flexibility index (Phi) is 68.0. The van der Waals surface area contributed by atoms with Gasteiger partial charge in [-0.25, -0.2) is 9.13 Å². The van der Waals surface area contributed by atoms with Gasteiger partial charge in [0.15, 0.2) is 12.2 Å². The zero-order valence-corrected chi connectivity index (χ0v) is 63.2. The van der Waals surface area contributed by atoms with Gasteiger partial charge in [-0.1, -0.05) is 272 Å². The maximum absolute atomic E-state index is 13.1. The molecule has 0 rings (SSSR count). The zero-order valence-electron chi connectivity index (χ0n) is 61.4. The molecule has 0 spiro atoms. The van der Waals surface area contributed by atoms with Crippen LogP contribution in [-0.2, 0) is 65.4 Å². The Hall–Kier alpha value is -4.28. The number of carbonyl (C=O) groups excluding carboxylic acids is 4. The fourth-order valence-corrected chi connectivity index (χ4v) is 11.5. The molecule has 0 aromatic rings. The first-order valence-electron chi connectivity index (χ1n) is 38.1. The van der Waals surface area contributed by atoms with E-state index in [1.165, 1.54) is 83.5 Å². The number of unbranched alkanes of at least 4 members (excludes halogenated alkanes) is 27. The summed E-state index contributed by atoms with van der Waals surface area (Å²) in [5.41, 5.74) is 0. The van der Waals surface area contributed by atoms with Crippen molar-refractivity contribution in [1.82, 2.24) is 0 Å². The lowest BCUT2D eigenvalue weighted by Crippen LogP contribution is -2.30. The fraction of sp³-hybridized carbons (Fsp3) is 0.722. The molecule has 17 nitrogen and oxygen atoms in total. The normalized spacial score (nSPS) is 14.6. The monoisotopic (exact) mass is 1420 g/mol. The molecule has 0 radical (unpaired) electrons. The van der Waals surface area contributed by atoms with Crippen LogP contribution in [0.3, 0.4) is 0 Å². The minimum atomic E-state index is -4.99. The van der Waals surface area contributed by atoms with Crippen LogP contribution in [0, 0.1) is 0 Å². The van der Waals surface area contributed by atoms with E-state index in [-0.39, 0.29) is 25.7 Å². The zero-order chi connectivity index (χ0) is 71.8. The van der Waals surface area contributed by atoms with Crippen LogP contribution in [0.4, 0.5) is 0 Å². The molecule has 0 amide bonds. The van der Waals surface area contributed by atoms with E-state index < -0.39 is 97.5 Å². The first-order valence-corrected chi connectivity index (χ1v) is 41.1. The van der Waals surface area contributed by atoms with E-state index in [0.29, 0.717) is 32.1 Å². The van der Waals surface area contributed by atoms with E-state index in [2.05, 4.69) is 137 Å². The molecule has 0 bridgehead atoms. The summed E-state index contributed by atoms with van der Waals surface area (Å²) in [6.07, 6.45) is 75.2. The number of aliphatic hydroxyl groups excluding tert-OH is 1. The average Bonchev–Trinajstić information content (AvgIpc) is 0.986. The molecule has 0 aromatic carbocycles. The number of aliphatic hydroxyl groups is 1. The van der Waals surface area contributed by atoms with Crippen LogP contribution in [0.15, 0.2) is 109 Å². The Morgan fingerprint density at radius 1 is 0.296 bits per heavy atom. The maximum atomic E-state index is 13.1. The maximum Gasteiger partial charge on any atom is 0.472 e. The number of esters is 4. The van der Waals surface area contributed by atoms with Crippen LogP contribution in [-0.4, -0.2) is 96.7 Å². The number of ether oxygens (including phenoxy) is 4. The molecule has 0 aliphatic heterocycles. The third-order valence-corrected chi connectivity index (χ3v) is 17.6. The molecule has 0 heterocycles. The topological polar surface area (TPSA) is 237 Å². The molecule has 5 unspecified atom stereocenters. The number of phosphoric acid groups is 2. The van der Waals surface area contributed by atoms with Crippen molar-refractivity contribution in [3.8, 4) is 0 Å². The molecule has 0 aliphatic rings. The van der Waals surface area contributed by atoms with Gasteiger partial charge in [0.1, 0.15) is 19.3 Å². The number of hydrogen-bond acceptors (Lipinski definition) is 15. The van der Waals surface area contributed by atoms with Gasteiger partial charge in [0.25, 0.3) is 0 Å². The van der Waals surface area contributed by atoms with E-state index in [1.807, 2.05) is 0 Å². The van der Waals surface area contributed by atoms with E-state index in [0.717, 1.165) is 141 Å². The minimum absolute atomic E-state index is 0.0354. The summed E-state index contributed by atoms with van der Waals surface area (Å²) >= 11 is 0. The second-order valence-corrected chi connectivity index (χ2v) is 28.1. The van der Waals surface area contributed by atoms with Crippen molar-refractivity contribution in [2.75, 3.05) is 39.6 Å². The smallest absolute Gasteiger partial charge is 0.462 e. The molecule has 0 aliphatic carbocycles. The third-order valence-electron chi connectivity index (χ3n) is 15.7. The van der Waals surface area contributed by atoms with Crippen LogP contribution in [0.2, 0.25) is 0 Å². The van der Waals surface area contributed by atoms with Gasteiger partial charge in [-0.2, -0.15) is 0 Å². The molecule has 19 heteroatoms. The standard InChI is InChI=1S/C79H136O17P2/c1-5-9-13-17-21-25-29-32-35-36-39-41-45-48-52-56-60-64-77(82)90-70-75(96-79(84)66-62-58-54-50-46-42-38-34-31-27-23-19-15-11-7-3)72-94-98(87,88)92-68-73(80)67-91-97(85,86)93-71-74(95-78(83)65-61-57-53-49-43-28-24-20-16-12-8-4)69-89-76(81)63-59-55-51-47-44-40-37-33-30-26-22-18-14-10-6-2/h9,11,13,15,20-21,23-25,27,32,34-35,38-39,41,46,50,73-75,80H,5-8,10,12,14,16-19,22,26,28-31,33,36-37,40,42-45,47-49,51-72H2,1-4H3,(H,85,86)(H,87,88)/b13-9-,15-11-,24-20-,25-21-,27-23-,35-32-,38-34-,41-39-,50-46-. The number of phosphoric ester groups is 2. The summed E-state index contributed by atoms with van der Waals surface area (Å²) in [4.78, 5) is 72.8. The van der Waals surface area contributed by atoms with Gasteiger partial charge >= 0.3 is 39.5 Å². The molecule has 0 saturated heterocycles. The Labute approximate surface area is 594 Å². The van der Waals surface area contributed by atoms with Crippen LogP contribution in [0.25, 0.3) is 0 Å². The van der Waals surface area contributed by atoms with Crippen LogP contribution < -0.4 is 0 Å². The van der Waals surface area contributed by atoms with Crippen molar-refractivity contribution in [2.45, 2.75) is 329 Å². The molecule has 3 N–H and O–H groups in total. The number of hydrogen-bond donors (Lipinski definition) is 3. The Morgan fingerprint density at radius 3 is 0.878 bits per heavy atom. The summed E-state index contributed by atoms with van der Waals surface area (Å²) in [5.74, 6) is -2.25. The van der Waals surface area contributed by atoms with Gasteiger partial charge < -0.3 is 33.8 Å². The molecule has 5 atom stereocenters. The highest BCUT2D eigenvalue weighted by Gasteiger charge is 2.30. The molecule has 98 heavy (non-hydrogen) atoms. The largest absolute Gasteiger partial charge is 0.472 e. The van der Waals surface area contributed by atoms with Crippen molar-refractivity contribution >= 4 is 39.5 Å². The van der Waals surface area contributed by atoms with Crippen LogP contribution >= 0.6 is 15.6 Å². The van der Waals surface area contributed by atoms with Gasteiger partial charge in [-0.15, -0.1) is 0 Å². The predicted molar refractivity (Wildman–Crippen MR) is 399 cm³/mol. The first kappa shape index (κ1) is 93.7. The predicted octanol–water partition coefficient (Wildman–Crippen LogP) is 21.8. The highest BCUT2D eigenvalue weighted by molar-refractivity contribution is 7.47. The summed E-state index contributed by atoms with van der Waals surface area (Å²) in [6, 6.07) is 0. The highest BCUT2D eigenvalue weighted by Crippen LogP contribution is 2.45. The molecule has 0 saturated carbocycles. The summed E-state index contributed by atoms with van der Waals surface area (Å²) in [5, 5.41) is 10.6.